The molecule has 9 heteroatoms. The third-order valence-corrected chi connectivity index (χ3v) is 4.47. The van der Waals surface area contributed by atoms with Crippen LogP contribution < -0.4 is 5.59 Å². The van der Waals surface area contributed by atoms with Crippen LogP contribution >= 0.6 is 0 Å². The first kappa shape index (κ1) is 17.0. The Morgan fingerprint density at radius 1 is 1.00 bits per heavy atom. The molecule has 1 fully saturated rings. The predicted molar refractivity (Wildman–Crippen MR) is 82.1 cm³/mol. The topological polar surface area (TPSA) is 49.2 Å². The molecule has 1 aliphatic heterocycles. The number of benzene rings is 1. The summed E-state index contributed by atoms with van der Waals surface area (Å²) in [5, 5.41) is 7.96. The molecule has 0 N–H and O–H groups in total. The minimum absolute atomic E-state index is 0.466. The summed E-state index contributed by atoms with van der Waals surface area (Å²) in [5.41, 5.74) is -0.782. The van der Waals surface area contributed by atoms with E-state index in [1.54, 1.807) is 6.20 Å². The summed E-state index contributed by atoms with van der Waals surface area (Å²) in [6, 6.07) is 4.69. The summed E-state index contributed by atoms with van der Waals surface area (Å²) in [5.74, 6) is 0. The van der Waals surface area contributed by atoms with E-state index in [1.165, 1.54) is 16.8 Å². The highest BCUT2D eigenvalue weighted by Gasteiger charge is 2.52. The lowest BCUT2D eigenvalue weighted by molar-refractivity contribution is -0.137. The lowest BCUT2D eigenvalue weighted by Crippen LogP contribution is -2.41. The summed E-state index contributed by atoms with van der Waals surface area (Å²) >= 11 is 0. The summed E-state index contributed by atoms with van der Waals surface area (Å²) < 4.78 is 51.0. The highest BCUT2D eigenvalue weighted by molar-refractivity contribution is 6.61. The number of halogens is 3. The van der Waals surface area contributed by atoms with E-state index in [1.807, 2.05) is 27.7 Å². The van der Waals surface area contributed by atoms with Gasteiger partial charge < -0.3 is 9.31 Å². The first-order valence-corrected chi connectivity index (χ1v) is 7.45. The lowest BCUT2D eigenvalue weighted by Gasteiger charge is -2.32. The molecule has 0 saturated carbocycles. The van der Waals surface area contributed by atoms with E-state index in [-0.39, 0.29) is 0 Å². The van der Waals surface area contributed by atoms with Gasteiger partial charge >= 0.3 is 13.3 Å². The molecule has 1 aromatic heterocycles. The van der Waals surface area contributed by atoms with Gasteiger partial charge in [-0.25, -0.2) is 4.68 Å². The van der Waals surface area contributed by atoms with Crippen molar-refractivity contribution in [2.75, 3.05) is 0 Å². The highest BCUT2D eigenvalue weighted by Crippen LogP contribution is 2.36. The highest BCUT2D eigenvalue weighted by atomic mass is 19.4. The molecule has 2 aromatic rings. The molecule has 0 radical (unpaired) electrons. The number of rotatable bonds is 2. The van der Waals surface area contributed by atoms with Crippen molar-refractivity contribution in [3.63, 3.8) is 0 Å². The van der Waals surface area contributed by atoms with Crippen LogP contribution in [-0.2, 0) is 15.5 Å². The smallest absolute Gasteiger partial charge is 0.398 e. The zero-order valence-corrected chi connectivity index (χ0v) is 13.8. The Morgan fingerprint density at radius 2 is 1.54 bits per heavy atom. The minimum atomic E-state index is -4.37. The maximum Gasteiger partial charge on any atom is 0.518 e. The van der Waals surface area contributed by atoms with Gasteiger partial charge in [-0.3, -0.25) is 0 Å². The van der Waals surface area contributed by atoms with Crippen molar-refractivity contribution in [1.29, 1.82) is 0 Å². The second kappa shape index (κ2) is 5.32. The maximum atomic E-state index is 12.6. The Balaban J connectivity index is 1.82. The monoisotopic (exact) mass is 339 g/mol. The summed E-state index contributed by atoms with van der Waals surface area (Å²) in [6.07, 6.45) is -2.78. The molecule has 2 heterocycles. The molecule has 3 rings (SSSR count). The molecule has 0 unspecified atom stereocenters. The van der Waals surface area contributed by atoms with Gasteiger partial charge in [-0.15, -0.1) is 5.10 Å². The van der Waals surface area contributed by atoms with Crippen molar-refractivity contribution in [3.8, 4) is 5.69 Å². The van der Waals surface area contributed by atoms with E-state index in [0.717, 1.165) is 12.1 Å². The van der Waals surface area contributed by atoms with E-state index < -0.39 is 30.1 Å². The number of hydrogen-bond donors (Lipinski definition) is 0. The van der Waals surface area contributed by atoms with Gasteiger partial charge in [0.25, 0.3) is 0 Å². The number of alkyl halides is 3. The molecule has 0 amide bonds. The average molecular weight is 339 g/mol. The molecule has 128 valence electrons. The first-order chi connectivity index (χ1) is 11.0. The van der Waals surface area contributed by atoms with Crippen LogP contribution in [0.1, 0.15) is 33.3 Å². The van der Waals surface area contributed by atoms with Crippen LogP contribution in [0.3, 0.4) is 0 Å². The standard InChI is InChI=1S/C15H17BF3N3O2/c1-13(2)14(3,4)24-16(23-13)12-9-22(21-20-12)11-7-5-10(6-8-11)15(17,18)19/h5-9H,1-4H3. The van der Waals surface area contributed by atoms with Gasteiger partial charge in [0.2, 0.25) is 0 Å². The molecule has 0 spiro atoms. The number of hydrogen-bond acceptors (Lipinski definition) is 4. The third kappa shape index (κ3) is 2.93. The van der Waals surface area contributed by atoms with Crippen molar-refractivity contribution < 1.29 is 22.5 Å². The summed E-state index contributed by atoms with van der Waals surface area (Å²) in [6.45, 7) is 7.70. The Bertz CT molecular complexity index is 725. The Morgan fingerprint density at radius 3 is 2.04 bits per heavy atom. The van der Waals surface area contributed by atoms with Crippen molar-refractivity contribution in [3.05, 3.63) is 36.0 Å². The summed E-state index contributed by atoms with van der Waals surface area (Å²) in [4.78, 5) is 0. The quantitative estimate of drug-likeness (QED) is 0.790. The van der Waals surface area contributed by atoms with Crippen molar-refractivity contribution in [1.82, 2.24) is 15.0 Å². The Labute approximate surface area is 137 Å². The van der Waals surface area contributed by atoms with Crippen molar-refractivity contribution >= 4 is 12.7 Å². The molecule has 1 aliphatic rings. The second-order valence-corrected chi connectivity index (χ2v) is 6.72. The molecule has 1 aromatic carbocycles. The lowest BCUT2D eigenvalue weighted by atomic mass is 9.86. The fourth-order valence-electron chi connectivity index (χ4n) is 2.28. The van der Waals surface area contributed by atoms with Crippen LogP contribution in [0.25, 0.3) is 5.69 Å². The van der Waals surface area contributed by atoms with Crippen LogP contribution in [0.5, 0.6) is 0 Å². The van der Waals surface area contributed by atoms with Gasteiger partial charge in [0, 0.05) is 0 Å². The minimum Gasteiger partial charge on any atom is -0.398 e. The fraction of sp³-hybridized carbons (Fsp3) is 0.467. The van der Waals surface area contributed by atoms with Crippen LogP contribution in [0, 0.1) is 0 Å². The van der Waals surface area contributed by atoms with Gasteiger partial charge in [-0.1, -0.05) is 5.21 Å². The second-order valence-electron chi connectivity index (χ2n) is 6.72. The van der Waals surface area contributed by atoms with Crippen molar-refractivity contribution in [2.24, 2.45) is 0 Å². The largest absolute Gasteiger partial charge is 0.518 e. The van der Waals surface area contributed by atoms with Gasteiger partial charge in [-0.2, -0.15) is 13.2 Å². The first-order valence-electron chi connectivity index (χ1n) is 7.45. The van der Waals surface area contributed by atoms with Crippen LogP contribution in [0.15, 0.2) is 30.5 Å². The number of aromatic nitrogens is 3. The predicted octanol–water partition coefficient (Wildman–Crippen LogP) is 2.59. The molecule has 1 saturated heterocycles. The van der Waals surface area contributed by atoms with Crippen LogP contribution in [-0.4, -0.2) is 33.3 Å². The molecular weight excluding hydrogens is 322 g/mol. The van der Waals surface area contributed by atoms with Gasteiger partial charge in [0.15, 0.2) is 0 Å². The Hall–Kier alpha value is -1.87. The van der Waals surface area contributed by atoms with Crippen LogP contribution in [0.4, 0.5) is 13.2 Å². The van der Waals surface area contributed by atoms with Gasteiger partial charge in [0.05, 0.1) is 28.6 Å². The molecular formula is C15H17BF3N3O2. The van der Waals surface area contributed by atoms with Crippen LogP contribution in [0.2, 0.25) is 0 Å². The van der Waals surface area contributed by atoms with E-state index >= 15 is 0 Å². The molecule has 5 nitrogen and oxygen atoms in total. The number of nitrogens with zero attached hydrogens (tertiary/aromatic N) is 3. The Kier molecular flexibility index (Phi) is 3.76. The molecule has 0 aliphatic carbocycles. The fourth-order valence-corrected chi connectivity index (χ4v) is 2.28. The van der Waals surface area contributed by atoms with E-state index in [0.29, 0.717) is 11.3 Å². The molecule has 0 bridgehead atoms. The van der Waals surface area contributed by atoms with E-state index in [9.17, 15) is 13.2 Å². The zero-order chi connectivity index (χ0) is 17.8. The summed E-state index contributed by atoms with van der Waals surface area (Å²) in [7, 11) is -0.668. The molecule has 24 heavy (non-hydrogen) atoms. The van der Waals surface area contributed by atoms with E-state index in [4.69, 9.17) is 9.31 Å². The van der Waals surface area contributed by atoms with Gasteiger partial charge in [0.1, 0.15) is 5.59 Å². The normalized spacial score (nSPS) is 19.7. The van der Waals surface area contributed by atoms with Crippen molar-refractivity contribution in [2.45, 2.75) is 45.1 Å². The van der Waals surface area contributed by atoms with Gasteiger partial charge in [-0.05, 0) is 52.0 Å². The SMILES string of the molecule is CC1(C)OB(c2cn(-c3ccc(C(F)(F)F)cc3)nn2)OC1(C)C. The zero-order valence-electron chi connectivity index (χ0n) is 13.8. The third-order valence-electron chi connectivity index (χ3n) is 4.47. The maximum absolute atomic E-state index is 12.6. The average Bonchev–Trinajstić information content (AvgIpc) is 3.02. The molecule has 0 atom stereocenters. The van der Waals surface area contributed by atoms with E-state index in [2.05, 4.69) is 10.3 Å².